The van der Waals surface area contributed by atoms with Crippen molar-refractivity contribution in [2.75, 3.05) is 5.32 Å². The van der Waals surface area contributed by atoms with Crippen LogP contribution in [-0.2, 0) is 0 Å². The summed E-state index contributed by atoms with van der Waals surface area (Å²) < 4.78 is 13.1. The smallest absolute Gasteiger partial charge is 0.125 e. The van der Waals surface area contributed by atoms with Crippen molar-refractivity contribution < 1.29 is 4.39 Å². The van der Waals surface area contributed by atoms with Gasteiger partial charge < -0.3 is 5.32 Å². The third-order valence-electron chi connectivity index (χ3n) is 2.54. The fourth-order valence-corrected chi connectivity index (χ4v) is 2.77. The van der Waals surface area contributed by atoms with Crippen LogP contribution in [0.1, 0.15) is 28.5 Å². The molecule has 0 radical (unpaired) electrons. The zero-order chi connectivity index (χ0) is 12.4. The molecule has 0 amide bonds. The number of anilines is 1. The normalized spacial score (nSPS) is 12.5. The number of halogens is 1. The van der Waals surface area contributed by atoms with E-state index in [2.05, 4.69) is 17.2 Å². The summed E-state index contributed by atoms with van der Waals surface area (Å²) in [5.74, 6) is -0.223. The van der Waals surface area contributed by atoms with Gasteiger partial charge in [-0.2, -0.15) is 0 Å². The van der Waals surface area contributed by atoms with Crippen molar-refractivity contribution in [1.82, 2.24) is 4.98 Å². The molecule has 0 aliphatic carbocycles. The van der Waals surface area contributed by atoms with Crippen LogP contribution in [0.4, 0.5) is 10.1 Å². The first-order chi connectivity index (χ1) is 8.06. The summed E-state index contributed by atoms with van der Waals surface area (Å²) in [5.41, 5.74) is 1.84. The van der Waals surface area contributed by atoms with Crippen LogP contribution in [-0.4, -0.2) is 4.98 Å². The summed E-state index contributed by atoms with van der Waals surface area (Å²) >= 11 is 1.68. The molecule has 0 aliphatic heterocycles. The second kappa shape index (κ2) is 4.84. The molecule has 2 rings (SSSR count). The number of nitrogens with one attached hydrogen (secondary N) is 1. The van der Waals surface area contributed by atoms with Gasteiger partial charge in [-0.3, -0.25) is 0 Å². The van der Waals surface area contributed by atoms with E-state index in [0.29, 0.717) is 0 Å². The first-order valence-electron chi connectivity index (χ1n) is 5.52. The highest BCUT2D eigenvalue weighted by atomic mass is 32.1. The molecule has 4 heteroatoms. The minimum Gasteiger partial charge on any atom is -0.378 e. The van der Waals surface area contributed by atoms with Gasteiger partial charge in [0.2, 0.25) is 0 Å². The van der Waals surface area contributed by atoms with E-state index in [1.54, 1.807) is 17.4 Å². The average Bonchev–Trinajstić information content (AvgIpc) is 2.58. The molecule has 1 aromatic carbocycles. The Morgan fingerprint density at radius 2 is 2.12 bits per heavy atom. The van der Waals surface area contributed by atoms with Crippen LogP contribution in [0.5, 0.6) is 0 Å². The highest BCUT2D eigenvalue weighted by Crippen LogP contribution is 2.27. The van der Waals surface area contributed by atoms with Crippen LogP contribution in [0.3, 0.4) is 0 Å². The number of hydrogen-bond donors (Lipinski definition) is 1. The first-order valence-corrected chi connectivity index (χ1v) is 6.34. The van der Waals surface area contributed by atoms with Gasteiger partial charge in [0.05, 0.1) is 16.7 Å². The monoisotopic (exact) mass is 250 g/mol. The maximum absolute atomic E-state index is 13.1. The third kappa shape index (κ3) is 2.82. The van der Waals surface area contributed by atoms with Gasteiger partial charge in [0.1, 0.15) is 5.82 Å². The minimum absolute atomic E-state index is 0.142. The molecule has 2 aromatic rings. The summed E-state index contributed by atoms with van der Waals surface area (Å²) in [6.45, 7) is 6.06. The fourth-order valence-electron chi connectivity index (χ4n) is 1.84. The highest BCUT2D eigenvalue weighted by molar-refractivity contribution is 7.11. The van der Waals surface area contributed by atoms with E-state index in [-0.39, 0.29) is 11.9 Å². The number of aromatic nitrogens is 1. The molecule has 1 unspecified atom stereocenters. The molecule has 90 valence electrons. The lowest BCUT2D eigenvalue weighted by molar-refractivity contribution is 0.628. The average molecular weight is 250 g/mol. The lowest BCUT2D eigenvalue weighted by Crippen LogP contribution is -2.06. The molecule has 0 spiro atoms. The van der Waals surface area contributed by atoms with Crippen LogP contribution >= 0.6 is 11.3 Å². The summed E-state index contributed by atoms with van der Waals surface area (Å²) in [7, 11) is 0. The van der Waals surface area contributed by atoms with E-state index < -0.39 is 0 Å². The quantitative estimate of drug-likeness (QED) is 0.888. The zero-order valence-corrected chi connectivity index (χ0v) is 10.9. The topological polar surface area (TPSA) is 24.9 Å². The zero-order valence-electron chi connectivity index (χ0n) is 10.1. The van der Waals surface area contributed by atoms with E-state index in [4.69, 9.17) is 0 Å². The Morgan fingerprint density at radius 1 is 1.35 bits per heavy atom. The Kier molecular flexibility index (Phi) is 3.43. The van der Waals surface area contributed by atoms with Crippen molar-refractivity contribution in [1.29, 1.82) is 0 Å². The van der Waals surface area contributed by atoms with Gasteiger partial charge in [-0.25, -0.2) is 9.37 Å². The van der Waals surface area contributed by atoms with Crippen LogP contribution in [0.2, 0.25) is 0 Å². The number of nitrogens with zero attached hydrogens (tertiary/aromatic N) is 1. The number of rotatable bonds is 3. The van der Waals surface area contributed by atoms with Crippen molar-refractivity contribution in [2.45, 2.75) is 26.8 Å². The molecular formula is C13H15FN2S. The molecule has 1 aromatic heterocycles. The number of benzene rings is 1. The van der Waals surface area contributed by atoms with Crippen LogP contribution in [0, 0.1) is 19.7 Å². The Morgan fingerprint density at radius 3 is 2.71 bits per heavy atom. The Balaban J connectivity index is 2.16. The first kappa shape index (κ1) is 12.0. The number of thiazole rings is 1. The highest BCUT2D eigenvalue weighted by Gasteiger charge is 2.12. The van der Waals surface area contributed by atoms with Gasteiger partial charge in [-0.05, 0) is 39.0 Å². The lowest BCUT2D eigenvalue weighted by atomic mass is 10.2. The van der Waals surface area contributed by atoms with Gasteiger partial charge >= 0.3 is 0 Å². The summed E-state index contributed by atoms with van der Waals surface area (Å²) in [4.78, 5) is 5.60. The van der Waals surface area contributed by atoms with Crippen LogP contribution in [0.25, 0.3) is 0 Å². The molecule has 1 N–H and O–H groups in total. The maximum atomic E-state index is 13.1. The maximum Gasteiger partial charge on any atom is 0.125 e. The van der Waals surface area contributed by atoms with Gasteiger partial charge in [0, 0.05) is 10.6 Å². The van der Waals surface area contributed by atoms with E-state index in [9.17, 15) is 4.39 Å². The van der Waals surface area contributed by atoms with Crippen molar-refractivity contribution >= 4 is 17.0 Å². The van der Waals surface area contributed by atoms with E-state index in [1.807, 2.05) is 19.9 Å². The summed E-state index contributed by atoms with van der Waals surface area (Å²) in [6.07, 6.45) is 0. The van der Waals surface area contributed by atoms with Crippen molar-refractivity contribution in [3.8, 4) is 0 Å². The molecular weight excluding hydrogens is 235 g/mol. The third-order valence-corrected chi connectivity index (χ3v) is 3.80. The van der Waals surface area contributed by atoms with Gasteiger partial charge in [-0.1, -0.05) is 6.07 Å². The SMILES string of the molecule is Cc1nc(C)c(C(C)Nc2cccc(F)c2)s1. The predicted molar refractivity (Wildman–Crippen MR) is 70.0 cm³/mol. The molecule has 0 fully saturated rings. The molecule has 1 heterocycles. The number of aryl methyl sites for hydroxylation is 2. The Hall–Kier alpha value is -1.42. The number of hydrogen-bond acceptors (Lipinski definition) is 3. The second-order valence-corrected chi connectivity index (χ2v) is 5.29. The second-order valence-electron chi connectivity index (χ2n) is 4.06. The molecule has 17 heavy (non-hydrogen) atoms. The van der Waals surface area contributed by atoms with Gasteiger partial charge in [-0.15, -0.1) is 11.3 Å². The fraction of sp³-hybridized carbons (Fsp3) is 0.308. The minimum atomic E-state index is -0.223. The molecule has 0 saturated heterocycles. The summed E-state index contributed by atoms with van der Waals surface area (Å²) in [6, 6.07) is 6.65. The Bertz CT molecular complexity index is 522. The lowest BCUT2D eigenvalue weighted by Gasteiger charge is -2.14. The largest absolute Gasteiger partial charge is 0.378 e. The van der Waals surface area contributed by atoms with Gasteiger partial charge in [0.25, 0.3) is 0 Å². The van der Waals surface area contributed by atoms with Gasteiger partial charge in [0.15, 0.2) is 0 Å². The van der Waals surface area contributed by atoms with Crippen LogP contribution in [0.15, 0.2) is 24.3 Å². The van der Waals surface area contributed by atoms with Crippen molar-refractivity contribution in [3.05, 3.63) is 45.7 Å². The standard InChI is InChI=1S/C13H15FN2S/c1-8-13(17-10(3)15-8)9(2)16-12-6-4-5-11(14)7-12/h4-7,9,16H,1-3H3. The molecule has 0 aliphatic rings. The van der Waals surface area contributed by atoms with E-state index in [0.717, 1.165) is 16.4 Å². The Labute approximate surface area is 105 Å². The molecule has 1 atom stereocenters. The molecule has 2 nitrogen and oxygen atoms in total. The predicted octanol–water partition coefficient (Wildman–Crippen LogP) is 4.07. The van der Waals surface area contributed by atoms with Crippen molar-refractivity contribution in [3.63, 3.8) is 0 Å². The van der Waals surface area contributed by atoms with E-state index in [1.165, 1.54) is 17.0 Å². The van der Waals surface area contributed by atoms with E-state index >= 15 is 0 Å². The summed E-state index contributed by atoms with van der Waals surface area (Å²) in [5, 5.41) is 4.34. The van der Waals surface area contributed by atoms with Crippen molar-refractivity contribution in [2.24, 2.45) is 0 Å². The molecule has 0 bridgehead atoms. The molecule has 0 saturated carbocycles. The van der Waals surface area contributed by atoms with Crippen LogP contribution < -0.4 is 5.32 Å².